The molecule has 0 aliphatic carbocycles. The van der Waals surface area contributed by atoms with E-state index in [1.807, 2.05) is 0 Å². The lowest BCUT2D eigenvalue weighted by Gasteiger charge is -2.07. The highest BCUT2D eigenvalue weighted by Crippen LogP contribution is 2.26. The number of phenolic OH excluding ortho intramolecular Hbond substituents is 1. The molecule has 2 amide bonds. The van der Waals surface area contributed by atoms with Crippen LogP contribution in [0.2, 0.25) is 0 Å². The minimum Gasteiger partial charge on any atom is -0.504 e. The summed E-state index contributed by atoms with van der Waals surface area (Å²) in [6.45, 7) is 0.321. The summed E-state index contributed by atoms with van der Waals surface area (Å²) in [4.78, 5) is 22.2. The Labute approximate surface area is 139 Å². The van der Waals surface area contributed by atoms with Gasteiger partial charge in [-0.15, -0.1) is 0 Å². The van der Waals surface area contributed by atoms with Crippen LogP contribution in [0, 0.1) is 0 Å². The van der Waals surface area contributed by atoms with Crippen molar-refractivity contribution in [3.63, 3.8) is 0 Å². The lowest BCUT2D eigenvalue weighted by Crippen LogP contribution is -2.20. The van der Waals surface area contributed by atoms with E-state index in [1.165, 1.54) is 19.3 Å². The van der Waals surface area contributed by atoms with Crippen LogP contribution in [0.15, 0.2) is 48.5 Å². The third-order valence-electron chi connectivity index (χ3n) is 3.27. The van der Waals surface area contributed by atoms with E-state index in [0.717, 1.165) is 11.1 Å². The van der Waals surface area contributed by atoms with Crippen LogP contribution in [-0.4, -0.2) is 24.5 Å². The smallest absolute Gasteiger partial charge is 0.244 e. The van der Waals surface area contributed by atoms with Gasteiger partial charge in [0.1, 0.15) is 0 Å². The van der Waals surface area contributed by atoms with Gasteiger partial charge in [0.05, 0.1) is 7.11 Å². The van der Waals surface area contributed by atoms with Crippen molar-refractivity contribution in [2.75, 3.05) is 12.4 Å². The summed E-state index contributed by atoms with van der Waals surface area (Å²) in [6.07, 6.45) is 3.72. The Morgan fingerprint density at radius 3 is 2.62 bits per heavy atom. The second-order valence-electron chi connectivity index (χ2n) is 4.94. The summed E-state index contributed by atoms with van der Waals surface area (Å²) in [6, 6.07) is 12.0. The molecule has 24 heavy (non-hydrogen) atoms. The quantitative estimate of drug-likeness (QED) is 0.538. The number of carbonyl (C=O) groups is 2. The lowest BCUT2D eigenvalue weighted by molar-refractivity contribution is -0.116. The molecular formula is C18H18N2O4. The molecule has 0 fully saturated rings. The van der Waals surface area contributed by atoms with E-state index in [2.05, 4.69) is 10.6 Å². The Bertz CT molecular complexity index is 739. The molecule has 2 aromatic carbocycles. The standard InChI is InChI=1S/C18H18N2O4/c1-24-17-10-14(4-8-16(17)22)11-19-18(23)9-5-13-2-6-15(7-3-13)20-12-21/h2-10,12,22H,11H2,1H3,(H,19,23)(H,20,21)/b9-5+. The number of hydrogen-bond donors (Lipinski definition) is 3. The van der Waals surface area contributed by atoms with Crippen LogP contribution < -0.4 is 15.4 Å². The third kappa shape index (κ3) is 4.88. The highest BCUT2D eigenvalue weighted by atomic mass is 16.5. The van der Waals surface area contributed by atoms with Gasteiger partial charge in [-0.1, -0.05) is 18.2 Å². The predicted molar refractivity (Wildman–Crippen MR) is 91.7 cm³/mol. The SMILES string of the molecule is COc1cc(CNC(=O)/C=C/c2ccc(NC=O)cc2)ccc1O. The molecule has 0 saturated heterocycles. The first-order valence-electron chi connectivity index (χ1n) is 7.24. The second kappa shape index (κ2) is 8.38. The zero-order valence-electron chi connectivity index (χ0n) is 13.2. The first kappa shape index (κ1) is 17.1. The maximum Gasteiger partial charge on any atom is 0.244 e. The molecule has 0 bridgehead atoms. The Hall–Kier alpha value is -3.28. The van der Waals surface area contributed by atoms with Crippen LogP contribution in [0.1, 0.15) is 11.1 Å². The number of aromatic hydroxyl groups is 1. The summed E-state index contributed by atoms with van der Waals surface area (Å²) >= 11 is 0. The van der Waals surface area contributed by atoms with E-state index in [4.69, 9.17) is 4.74 Å². The molecule has 6 nitrogen and oxygen atoms in total. The van der Waals surface area contributed by atoms with E-state index in [-0.39, 0.29) is 11.7 Å². The Balaban J connectivity index is 1.89. The predicted octanol–water partition coefficient (Wildman–Crippen LogP) is 2.30. The number of anilines is 1. The van der Waals surface area contributed by atoms with Gasteiger partial charge in [0.2, 0.25) is 12.3 Å². The molecule has 2 rings (SSSR count). The van der Waals surface area contributed by atoms with Gasteiger partial charge < -0.3 is 20.5 Å². The first-order valence-corrected chi connectivity index (χ1v) is 7.24. The topological polar surface area (TPSA) is 87.7 Å². The average Bonchev–Trinajstić information content (AvgIpc) is 2.60. The highest BCUT2D eigenvalue weighted by molar-refractivity contribution is 5.91. The van der Waals surface area contributed by atoms with Crippen molar-refractivity contribution in [2.45, 2.75) is 6.54 Å². The summed E-state index contributed by atoms with van der Waals surface area (Å²) in [5.41, 5.74) is 2.34. The van der Waals surface area contributed by atoms with E-state index in [9.17, 15) is 14.7 Å². The van der Waals surface area contributed by atoms with Crippen LogP contribution in [0.3, 0.4) is 0 Å². The number of benzene rings is 2. The van der Waals surface area contributed by atoms with Crippen molar-refractivity contribution in [3.8, 4) is 11.5 Å². The number of amides is 2. The van der Waals surface area contributed by atoms with E-state index < -0.39 is 0 Å². The molecule has 6 heteroatoms. The second-order valence-corrected chi connectivity index (χ2v) is 4.94. The minimum absolute atomic E-state index is 0.0555. The summed E-state index contributed by atoms with van der Waals surface area (Å²) in [7, 11) is 1.47. The minimum atomic E-state index is -0.239. The normalized spacial score (nSPS) is 10.4. The number of phenols is 1. The molecule has 2 aromatic rings. The summed E-state index contributed by atoms with van der Waals surface area (Å²) in [5, 5.41) is 14.8. The van der Waals surface area contributed by atoms with Gasteiger partial charge in [0.25, 0.3) is 0 Å². The van der Waals surface area contributed by atoms with E-state index in [1.54, 1.807) is 42.5 Å². The molecule has 0 unspecified atom stereocenters. The molecule has 3 N–H and O–H groups in total. The molecule has 0 saturated carbocycles. The van der Waals surface area contributed by atoms with E-state index in [0.29, 0.717) is 24.4 Å². The molecule has 124 valence electrons. The van der Waals surface area contributed by atoms with Crippen molar-refractivity contribution in [2.24, 2.45) is 0 Å². The van der Waals surface area contributed by atoms with Crippen molar-refractivity contribution in [3.05, 3.63) is 59.7 Å². The maximum atomic E-state index is 11.8. The first-order chi connectivity index (χ1) is 11.6. The monoisotopic (exact) mass is 326 g/mol. The Kier molecular flexibility index (Phi) is 5.96. The van der Waals surface area contributed by atoms with E-state index >= 15 is 0 Å². The number of nitrogens with one attached hydrogen (secondary N) is 2. The van der Waals surface area contributed by atoms with Gasteiger partial charge in [0.15, 0.2) is 11.5 Å². The van der Waals surface area contributed by atoms with Crippen molar-refractivity contribution < 1.29 is 19.4 Å². The van der Waals surface area contributed by atoms with Crippen LogP contribution >= 0.6 is 0 Å². The van der Waals surface area contributed by atoms with Gasteiger partial charge >= 0.3 is 0 Å². The fraction of sp³-hybridized carbons (Fsp3) is 0.111. The van der Waals surface area contributed by atoms with Crippen molar-refractivity contribution in [1.29, 1.82) is 0 Å². The molecule has 0 spiro atoms. The third-order valence-corrected chi connectivity index (χ3v) is 3.27. The summed E-state index contributed by atoms with van der Waals surface area (Å²) in [5.74, 6) is 0.179. The average molecular weight is 326 g/mol. The van der Waals surface area contributed by atoms with Gasteiger partial charge in [-0.3, -0.25) is 9.59 Å². The molecule has 0 aromatic heterocycles. The van der Waals surface area contributed by atoms with Crippen molar-refractivity contribution >= 4 is 24.1 Å². The van der Waals surface area contributed by atoms with Gasteiger partial charge in [-0.2, -0.15) is 0 Å². The molecular weight excluding hydrogens is 308 g/mol. The van der Waals surface area contributed by atoms with Crippen LogP contribution in [0.5, 0.6) is 11.5 Å². The summed E-state index contributed by atoms with van der Waals surface area (Å²) < 4.78 is 5.02. The number of rotatable bonds is 7. The molecule has 0 atom stereocenters. The van der Waals surface area contributed by atoms with Crippen LogP contribution in [0.25, 0.3) is 6.08 Å². The Morgan fingerprint density at radius 1 is 1.21 bits per heavy atom. The van der Waals surface area contributed by atoms with Crippen molar-refractivity contribution in [1.82, 2.24) is 5.32 Å². The van der Waals surface area contributed by atoms with Crippen LogP contribution in [0.4, 0.5) is 5.69 Å². The fourth-order valence-electron chi connectivity index (χ4n) is 2.01. The Morgan fingerprint density at radius 2 is 1.96 bits per heavy atom. The molecule has 0 radical (unpaired) electrons. The van der Waals surface area contributed by atoms with Gasteiger partial charge in [-0.05, 0) is 41.5 Å². The number of ether oxygens (including phenoxy) is 1. The maximum absolute atomic E-state index is 11.8. The van der Waals surface area contributed by atoms with Gasteiger partial charge in [-0.25, -0.2) is 0 Å². The lowest BCUT2D eigenvalue weighted by atomic mass is 10.2. The van der Waals surface area contributed by atoms with Crippen LogP contribution in [-0.2, 0) is 16.1 Å². The fourth-order valence-corrected chi connectivity index (χ4v) is 2.01. The zero-order valence-corrected chi connectivity index (χ0v) is 13.2. The van der Waals surface area contributed by atoms with Gasteiger partial charge in [0, 0.05) is 18.3 Å². The largest absolute Gasteiger partial charge is 0.504 e. The molecule has 0 heterocycles. The number of carbonyl (C=O) groups excluding carboxylic acids is 2. The highest BCUT2D eigenvalue weighted by Gasteiger charge is 2.03. The number of hydrogen-bond acceptors (Lipinski definition) is 4. The zero-order chi connectivity index (χ0) is 17.4. The molecule has 0 aliphatic heterocycles. The number of methoxy groups -OCH3 is 1. The molecule has 0 aliphatic rings.